The van der Waals surface area contributed by atoms with E-state index in [1.54, 1.807) is 6.33 Å². The van der Waals surface area contributed by atoms with Gasteiger partial charge in [-0.1, -0.05) is 6.08 Å². The monoisotopic (exact) mass is 137 g/mol. The predicted molar refractivity (Wildman–Crippen MR) is 40.3 cm³/mol. The smallest absolute Gasteiger partial charge is 0.158 e. The van der Waals surface area contributed by atoms with Crippen LogP contribution in [0.3, 0.4) is 0 Å². The van der Waals surface area contributed by atoms with Crippen molar-refractivity contribution in [3.63, 3.8) is 0 Å². The van der Waals surface area contributed by atoms with Crippen LogP contribution in [0, 0.1) is 0 Å². The Kier molecular flexibility index (Phi) is 1.85. The lowest BCUT2D eigenvalue weighted by atomic mass is 10.3. The molecule has 0 aliphatic carbocycles. The second-order valence-electron chi connectivity index (χ2n) is 2.24. The lowest BCUT2D eigenvalue weighted by molar-refractivity contribution is 0.887. The van der Waals surface area contributed by atoms with E-state index in [0.29, 0.717) is 0 Å². The molecule has 1 aromatic heterocycles. The summed E-state index contributed by atoms with van der Waals surface area (Å²) in [6.45, 7) is 4.01. The van der Waals surface area contributed by atoms with Gasteiger partial charge in [-0.2, -0.15) is 0 Å². The fourth-order valence-electron chi connectivity index (χ4n) is 0.769. The van der Waals surface area contributed by atoms with Gasteiger partial charge in [0.05, 0.1) is 0 Å². The minimum absolute atomic E-state index is 0.933. The second-order valence-corrected chi connectivity index (χ2v) is 2.24. The summed E-state index contributed by atoms with van der Waals surface area (Å²) in [6, 6.07) is 0. The van der Waals surface area contributed by atoms with E-state index in [4.69, 9.17) is 0 Å². The molecule has 0 bridgehead atoms. The van der Waals surface area contributed by atoms with Crippen molar-refractivity contribution >= 4 is 5.57 Å². The van der Waals surface area contributed by atoms with Gasteiger partial charge in [0.1, 0.15) is 6.33 Å². The van der Waals surface area contributed by atoms with Crippen LogP contribution in [0.4, 0.5) is 0 Å². The van der Waals surface area contributed by atoms with Gasteiger partial charge in [0.15, 0.2) is 5.82 Å². The van der Waals surface area contributed by atoms with Gasteiger partial charge in [-0.15, -0.1) is 10.2 Å². The molecule has 3 heteroatoms. The summed E-state index contributed by atoms with van der Waals surface area (Å²) in [4.78, 5) is 0. The van der Waals surface area contributed by atoms with Crippen LogP contribution in [-0.2, 0) is 7.05 Å². The molecule has 0 aliphatic heterocycles. The van der Waals surface area contributed by atoms with Crippen molar-refractivity contribution < 1.29 is 0 Å². The first-order valence-electron chi connectivity index (χ1n) is 3.23. The fraction of sp³-hybridized carbons (Fsp3) is 0.429. The maximum Gasteiger partial charge on any atom is 0.158 e. The third-order valence-electron chi connectivity index (χ3n) is 1.50. The van der Waals surface area contributed by atoms with Crippen molar-refractivity contribution in [2.24, 2.45) is 7.05 Å². The highest BCUT2D eigenvalue weighted by molar-refractivity contribution is 5.56. The topological polar surface area (TPSA) is 30.7 Å². The molecule has 0 saturated heterocycles. The number of rotatable bonds is 1. The van der Waals surface area contributed by atoms with Gasteiger partial charge in [0.2, 0.25) is 0 Å². The van der Waals surface area contributed by atoms with Crippen molar-refractivity contribution in [1.29, 1.82) is 0 Å². The molecule has 0 atom stereocenters. The summed E-state index contributed by atoms with van der Waals surface area (Å²) in [5, 5.41) is 7.69. The average Bonchev–Trinajstić information content (AvgIpc) is 2.34. The van der Waals surface area contributed by atoms with E-state index in [1.807, 2.05) is 31.5 Å². The third-order valence-corrected chi connectivity index (χ3v) is 1.50. The molecule has 10 heavy (non-hydrogen) atoms. The Morgan fingerprint density at radius 3 is 2.80 bits per heavy atom. The third kappa shape index (κ3) is 1.07. The molecule has 0 radical (unpaired) electrons. The lowest BCUT2D eigenvalue weighted by Crippen LogP contribution is -1.92. The zero-order valence-corrected chi connectivity index (χ0v) is 6.50. The van der Waals surface area contributed by atoms with Gasteiger partial charge in [-0.05, 0) is 19.4 Å². The number of allylic oxidation sites excluding steroid dienone is 2. The molecule has 0 aromatic carbocycles. The highest BCUT2D eigenvalue weighted by Crippen LogP contribution is 2.06. The summed E-state index contributed by atoms with van der Waals surface area (Å²) in [6.07, 6.45) is 3.71. The van der Waals surface area contributed by atoms with Crippen molar-refractivity contribution in [2.45, 2.75) is 13.8 Å². The van der Waals surface area contributed by atoms with Crippen LogP contribution in [0.25, 0.3) is 5.57 Å². The Morgan fingerprint density at radius 2 is 2.40 bits per heavy atom. The van der Waals surface area contributed by atoms with E-state index < -0.39 is 0 Å². The summed E-state index contributed by atoms with van der Waals surface area (Å²) in [5.74, 6) is 0.933. The Balaban J connectivity index is 3.05. The van der Waals surface area contributed by atoms with Crippen LogP contribution in [0.15, 0.2) is 12.4 Å². The zero-order valence-electron chi connectivity index (χ0n) is 6.50. The van der Waals surface area contributed by atoms with Crippen LogP contribution >= 0.6 is 0 Å². The van der Waals surface area contributed by atoms with E-state index in [-0.39, 0.29) is 0 Å². The molecule has 1 rings (SSSR count). The number of hydrogen-bond acceptors (Lipinski definition) is 2. The Bertz CT molecular complexity index is 247. The van der Waals surface area contributed by atoms with E-state index in [0.717, 1.165) is 11.4 Å². The fourth-order valence-corrected chi connectivity index (χ4v) is 0.769. The zero-order chi connectivity index (χ0) is 7.56. The van der Waals surface area contributed by atoms with Crippen LogP contribution in [-0.4, -0.2) is 14.8 Å². The summed E-state index contributed by atoms with van der Waals surface area (Å²) in [7, 11) is 1.93. The number of nitrogens with zero attached hydrogens (tertiary/aromatic N) is 3. The first kappa shape index (κ1) is 6.99. The van der Waals surface area contributed by atoms with E-state index in [2.05, 4.69) is 10.2 Å². The summed E-state index contributed by atoms with van der Waals surface area (Å²) >= 11 is 0. The van der Waals surface area contributed by atoms with Gasteiger partial charge in [-0.3, -0.25) is 0 Å². The Hall–Kier alpha value is -1.12. The summed E-state index contributed by atoms with van der Waals surface area (Å²) in [5.41, 5.74) is 1.15. The van der Waals surface area contributed by atoms with Crippen molar-refractivity contribution in [1.82, 2.24) is 14.8 Å². The first-order valence-corrected chi connectivity index (χ1v) is 3.23. The molecule has 1 heterocycles. The van der Waals surface area contributed by atoms with Gasteiger partial charge in [0, 0.05) is 7.05 Å². The van der Waals surface area contributed by atoms with Gasteiger partial charge >= 0.3 is 0 Å². The minimum atomic E-state index is 0.933. The lowest BCUT2D eigenvalue weighted by Gasteiger charge is -1.96. The highest BCUT2D eigenvalue weighted by Gasteiger charge is 1.99. The maximum atomic E-state index is 3.93. The van der Waals surface area contributed by atoms with Crippen molar-refractivity contribution in [3.05, 3.63) is 18.2 Å². The van der Waals surface area contributed by atoms with E-state index >= 15 is 0 Å². The quantitative estimate of drug-likeness (QED) is 0.583. The average molecular weight is 137 g/mol. The van der Waals surface area contributed by atoms with Gasteiger partial charge in [0.25, 0.3) is 0 Å². The molecule has 0 amide bonds. The first-order chi connectivity index (χ1) is 4.75. The molecular formula is C7H11N3. The molecule has 54 valence electrons. The van der Waals surface area contributed by atoms with Crippen molar-refractivity contribution in [2.75, 3.05) is 0 Å². The maximum absolute atomic E-state index is 3.93. The van der Waals surface area contributed by atoms with Gasteiger partial charge < -0.3 is 4.57 Å². The molecule has 0 unspecified atom stereocenters. The number of aromatic nitrogens is 3. The molecule has 0 saturated carbocycles. The molecular weight excluding hydrogens is 126 g/mol. The normalized spacial score (nSPS) is 12.1. The molecule has 0 fully saturated rings. The predicted octanol–water partition coefficient (Wildman–Crippen LogP) is 1.24. The number of aryl methyl sites for hydroxylation is 1. The van der Waals surface area contributed by atoms with E-state index in [1.165, 1.54) is 0 Å². The van der Waals surface area contributed by atoms with Crippen LogP contribution in [0.1, 0.15) is 19.7 Å². The van der Waals surface area contributed by atoms with Crippen molar-refractivity contribution in [3.8, 4) is 0 Å². The Labute approximate surface area is 60.4 Å². The largest absolute Gasteiger partial charge is 0.317 e. The van der Waals surface area contributed by atoms with Gasteiger partial charge in [-0.25, -0.2) is 0 Å². The molecule has 0 aliphatic rings. The molecule has 3 nitrogen and oxygen atoms in total. The molecule has 0 N–H and O–H groups in total. The van der Waals surface area contributed by atoms with Crippen LogP contribution in [0.5, 0.6) is 0 Å². The molecule has 1 aromatic rings. The molecule has 0 spiro atoms. The van der Waals surface area contributed by atoms with Crippen LogP contribution < -0.4 is 0 Å². The highest BCUT2D eigenvalue weighted by atomic mass is 15.2. The number of hydrogen-bond donors (Lipinski definition) is 0. The SMILES string of the molecule is CC=C(C)c1nncn1C. The second kappa shape index (κ2) is 2.64. The summed E-state index contributed by atoms with van der Waals surface area (Å²) < 4.78 is 1.90. The van der Waals surface area contributed by atoms with Crippen LogP contribution in [0.2, 0.25) is 0 Å². The standard InChI is InChI=1S/C7H11N3/c1-4-6(2)7-9-8-5-10(7)3/h4-5H,1-3H3. The minimum Gasteiger partial charge on any atom is -0.317 e. The Morgan fingerprint density at radius 1 is 1.70 bits per heavy atom. The van der Waals surface area contributed by atoms with E-state index in [9.17, 15) is 0 Å².